The van der Waals surface area contributed by atoms with Crippen molar-refractivity contribution in [2.24, 2.45) is 11.7 Å². The Morgan fingerprint density at radius 1 is 1.11 bits per heavy atom. The van der Waals surface area contributed by atoms with Crippen molar-refractivity contribution in [1.29, 1.82) is 0 Å². The summed E-state index contributed by atoms with van der Waals surface area (Å²) >= 11 is 0. The van der Waals surface area contributed by atoms with Gasteiger partial charge in [0.1, 0.15) is 0 Å². The van der Waals surface area contributed by atoms with Crippen LogP contribution in [0.3, 0.4) is 0 Å². The molecule has 1 aromatic heterocycles. The van der Waals surface area contributed by atoms with Crippen molar-refractivity contribution in [3.05, 3.63) is 41.2 Å². The molecule has 1 aliphatic rings. The number of carbonyl (C=O) groups is 2. The molecule has 12 heteroatoms. The van der Waals surface area contributed by atoms with Gasteiger partial charge in [-0.2, -0.15) is 13.2 Å². The summed E-state index contributed by atoms with van der Waals surface area (Å²) in [5.41, 5.74) is 5.61. The number of alkyl halides is 3. The molecule has 196 valence electrons. The first-order valence-electron chi connectivity index (χ1n) is 11.4. The molecule has 1 saturated carbocycles. The Morgan fingerprint density at radius 2 is 1.72 bits per heavy atom. The van der Waals surface area contributed by atoms with E-state index in [9.17, 15) is 33.0 Å². The van der Waals surface area contributed by atoms with Gasteiger partial charge < -0.3 is 27.0 Å². The lowest BCUT2D eigenvalue weighted by Gasteiger charge is -2.36. The average Bonchev–Trinajstić information content (AvgIpc) is 2.78. The summed E-state index contributed by atoms with van der Waals surface area (Å²) in [6.07, 6.45) is -1.43. The zero-order chi connectivity index (χ0) is 27.1. The van der Waals surface area contributed by atoms with Crippen LogP contribution in [0.1, 0.15) is 61.1 Å². The minimum absolute atomic E-state index is 0.0217. The number of rotatable bonds is 6. The predicted octanol–water partition coefficient (Wildman–Crippen LogP) is 2.33. The van der Waals surface area contributed by atoms with Crippen molar-refractivity contribution in [2.75, 3.05) is 5.73 Å². The normalized spacial score (nSPS) is 20.4. The molecule has 1 fully saturated rings. The van der Waals surface area contributed by atoms with E-state index < -0.39 is 34.8 Å². The molecular formula is C24H30F3N5O4. The molecule has 3 rings (SSSR count). The van der Waals surface area contributed by atoms with E-state index in [1.807, 2.05) is 0 Å². The fourth-order valence-corrected chi connectivity index (χ4v) is 4.46. The molecule has 0 saturated heterocycles. The van der Waals surface area contributed by atoms with Gasteiger partial charge in [0.15, 0.2) is 11.5 Å². The molecule has 1 atom stereocenters. The standard InChI is InChI=1S/C24H30F3N5O4/c1-12-4-5-14(23(36,21(29)34)24(25,26)27)10-16(12)17-11-30-19(28)18(32-17)20(33)31-15-8-6-13(7-9-15)22(2,3)35/h4-5,10-11,13,15,35-36H,6-9H2,1-3H3,(H2,28,30)(H2,29,34)(H,31,33). The van der Waals surface area contributed by atoms with Crippen LogP contribution < -0.4 is 16.8 Å². The van der Waals surface area contributed by atoms with Gasteiger partial charge in [-0.25, -0.2) is 9.97 Å². The number of aryl methyl sites for hydroxylation is 1. The molecule has 2 amide bonds. The van der Waals surface area contributed by atoms with Gasteiger partial charge in [-0.3, -0.25) is 9.59 Å². The van der Waals surface area contributed by atoms with Gasteiger partial charge in [0, 0.05) is 17.2 Å². The third kappa shape index (κ3) is 5.29. The van der Waals surface area contributed by atoms with E-state index in [1.54, 1.807) is 20.8 Å². The number of carbonyl (C=O) groups excluding carboxylic acids is 2. The van der Waals surface area contributed by atoms with Crippen LogP contribution in [0.2, 0.25) is 0 Å². The summed E-state index contributed by atoms with van der Waals surface area (Å²) in [6.45, 7) is 5.09. The number of anilines is 1. The SMILES string of the molecule is Cc1ccc(C(O)(C(N)=O)C(F)(F)F)cc1-c1cnc(N)c(C(=O)NC2CCC(C(C)(C)O)CC2)n1. The van der Waals surface area contributed by atoms with Gasteiger partial charge in [-0.05, 0) is 64.0 Å². The maximum Gasteiger partial charge on any atom is 0.430 e. The first kappa shape index (κ1) is 27.3. The van der Waals surface area contributed by atoms with E-state index >= 15 is 0 Å². The molecule has 0 bridgehead atoms. The average molecular weight is 510 g/mol. The van der Waals surface area contributed by atoms with E-state index in [0.29, 0.717) is 18.4 Å². The van der Waals surface area contributed by atoms with E-state index in [0.717, 1.165) is 25.0 Å². The number of nitrogen functional groups attached to an aromatic ring is 1. The van der Waals surface area contributed by atoms with E-state index in [4.69, 9.17) is 11.5 Å². The molecule has 36 heavy (non-hydrogen) atoms. The van der Waals surface area contributed by atoms with Crippen molar-refractivity contribution in [1.82, 2.24) is 15.3 Å². The summed E-state index contributed by atoms with van der Waals surface area (Å²) < 4.78 is 40.6. The van der Waals surface area contributed by atoms with Crippen molar-refractivity contribution in [2.45, 2.75) is 69.9 Å². The predicted molar refractivity (Wildman–Crippen MR) is 125 cm³/mol. The van der Waals surface area contributed by atoms with E-state index in [-0.39, 0.29) is 34.7 Å². The molecule has 0 spiro atoms. The van der Waals surface area contributed by atoms with Gasteiger partial charge in [-0.1, -0.05) is 12.1 Å². The fraction of sp³-hybridized carbons (Fsp3) is 0.500. The van der Waals surface area contributed by atoms with Gasteiger partial charge in [-0.15, -0.1) is 0 Å². The minimum Gasteiger partial charge on any atom is -0.390 e. The molecular weight excluding hydrogens is 479 g/mol. The highest BCUT2D eigenvalue weighted by atomic mass is 19.4. The van der Waals surface area contributed by atoms with Gasteiger partial charge in [0.2, 0.25) is 0 Å². The maximum absolute atomic E-state index is 13.5. The second-order valence-electron chi connectivity index (χ2n) is 9.77. The van der Waals surface area contributed by atoms with Crippen LogP contribution in [0.4, 0.5) is 19.0 Å². The number of nitrogens with zero attached hydrogens (tertiary/aromatic N) is 2. The number of aliphatic hydroxyl groups is 2. The lowest BCUT2D eigenvalue weighted by molar-refractivity contribution is -0.255. The first-order chi connectivity index (χ1) is 16.6. The summed E-state index contributed by atoms with van der Waals surface area (Å²) in [7, 11) is 0. The van der Waals surface area contributed by atoms with Crippen LogP contribution in [0.25, 0.3) is 11.3 Å². The number of amides is 2. The fourth-order valence-electron chi connectivity index (χ4n) is 4.46. The highest BCUT2D eigenvalue weighted by molar-refractivity contribution is 5.97. The van der Waals surface area contributed by atoms with Gasteiger partial charge >= 0.3 is 6.18 Å². The Morgan fingerprint density at radius 3 is 2.25 bits per heavy atom. The smallest absolute Gasteiger partial charge is 0.390 e. The van der Waals surface area contributed by atoms with Crippen LogP contribution in [-0.2, 0) is 10.4 Å². The van der Waals surface area contributed by atoms with E-state index in [1.165, 1.54) is 12.3 Å². The Balaban J connectivity index is 1.90. The molecule has 7 N–H and O–H groups in total. The monoisotopic (exact) mass is 509 g/mol. The van der Waals surface area contributed by atoms with Crippen molar-refractivity contribution < 1.29 is 33.0 Å². The molecule has 0 radical (unpaired) electrons. The maximum atomic E-state index is 13.5. The van der Waals surface area contributed by atoms with Crippen molar-refractivity contribution >= 4 is 17.6 Å². The van der Waals surface area contributed by atoms with Crippen LogP contribution >= 0.6 is 0 Å². The number of hydrogen-bond donors (Lipinski definition) is 5. The molecule has 1 aliphatic carbocycles. The molecule has 1 aromatic carbocycles. The quantitative estimate of drug-likeness (QED) is 0.399. The lowest BCUT2D eigenvalue weighted by Crippen LogP contribution is -2.52. The summed E-state index contributed by atoms with van der Waals surface area (Å²) in [5, 5.41) is 23.2. The third-order valence-corrected chi connectivity index (χ3v) is 6.78. The second-order valence-corrected chi connectivity index (χ2v) is 9.77. The molecule has 9 nitrogen and oxygen atoms in total. The number of nitrogens with one attached hydrogen (secondary N) is 1. The molecule has 2 aromatic rings. The van der Waals surface area contributed by atoms with E-state index in [2.05, 4.69) is 15.3 Å². The summed E-state index contributed by atoms with van der Waals surface area (Å²) in [6, 6.07) is 2.99. The molecule has 1 unspecified atom stereocenters. The summed E-state index contributed by atoms with van der Waals surface area (Å²) in [5.74, 6) is -2.62. The highest BCUT2D eigenvalue weighted by Gasteiger charge is 2.60. The van der Waals surface area contributed by atoms with Gasteiger partial charge in [0.05, 0.1) is 17.5 Å². The zero-order valence-electron chi connectivity index (χ0n) is 20.2. The van der Waals surface area contributed by atoms with Crippen LogP contribution in [0.15, 0.2) is 24.4 Å². The Hall–Kier alpha value is -3.25. The highest BCUT2D eigenvalue weighted by Crippen LogP contribution is 2.40. The van der Waals surface area contributed by atoms with Crippen LogP contribution in [0, 0.1) is 12.8 Å². The Labute approximate surface area is 206 Å². The number of nitrogens with two attached hydrogens (primary N) is 2. The number of benzene rings is 1. The number of halogens is 3. The zero-order valence-corrected chi connectivity index (χ0v) is 20.2. The topological polar surface area (TPSA) is 164 Å². The van der Waals surface area contributed by atoms with Crippen molar-refractivity contribution in [3.63, 3.8) is 0 Å². The minimum atomic E-state index is -5.37. The number of primary amides is 1. The summed E-state index contributed by atoms with van der Waals surface area (Å²) in [4.78, 5) is 32.7. The van der Waals surface area contributed by atoms with Crippen molar-refractivity contribution in [3.8, 4) is 11.3 Å². The Kier molecular flexibility index (Phi) is 7.34. The molecule has 0 aliphatic heterocycles. The molecule has 1 heterocycles. The largest absolute Gasteiger partial charge is 0.430 e. The number of aromatic nitrogens is 2. The Bertz CT molecular complexity index is 1160. The van der Waals surface area contributed by atoms with Crippen LogP contribution in [0.5, 0.6) is 0 Å². The second kappa shape index (κ2) is 9.66. The van der Waals surface area contributed by atoms with Gasteiger partial charge in [0.25, 0.3) is 17.4 Å². The number of hydrogen-bond acceptors (Lipinski definition) is 7. The first-order valence-corrected chi connectivity index (χ1v) is 11.4. The lowest BCUT2D eigenvalue weighted by atomic mass is 9.77. The third-order valence-electron chi connectivity index (χ3n) is 6.78. The van der Waals surface area contributed by atoms with Crippen LogP contribution in [-0.4, -0.2) is 49.8 Å².